The molecule has 94 valence electrons. The Labute approximate surface area is 117 Å². The lowest BCUT2D eigenvalue weighted by molar-refractivity contribution is 0.819. The fraction of sp³-hybridized carbons (Fsp3) is 0.188. The zero-order valence-corrected chi connectivity index (χ0v) is 11.3. The van der Waals surface area contributed by atoms with Gasteiger partial charge in [0.25, 0.3) is 0 Å². The first-order valence-electron chi connectivity index (χ1n) is 6.32. The molecular weight excluding hydrogens is 252 g/mol. The third kappa shape index (κ3) is 2.59. The maximum Gasteiger partial charge on any atom is 0.0992 e. The van der Waals surface area contributed by atoms with Crippen molar-refractivity contribution in [2.45, 2.75) is 10.8 Å². The highest BCUT2D eigenvalue weighted by Gasteiger charge is 2.22. The summed E-state index contributed by atoms with van der Waals surface area (Å²) in [5.74, 6) is 1.68. The molecular formula is C16H14N2S. The highest BCUT2D eigenvalue weighted by atomic mass is 32.2. The highest BCUT2D eigenvalue weighted by Crippen LogP contribution is 2.39. The lowest BCUT2D eigenvalue weighted by atomic mass is 10.0. The number of anilines is 1. The van der Waals surface area contributed by atoms with Gasteiger partial charge in [0, 0.05) is 28.8 Å². The van der Waals surface area contributed by atoms with Crippen LogP contribution in [0, 0.1) is 11.3 Å². The van der Waals surface area contributed by atoms with Crippen LogP contribution in [-0.2, 0) is 0 Å². The number of benzene rings is 2. The van der Waals surface area contributed by atoms with Crippen LogP contribution in [0.15, 0.2) is 53.4 Å². The standard InChI is InChI=1S/C16H14N2S/c17-9-12-4-3-5-14(8-12)18-10-13-11-19-16-7-2-1-6-15(13)16/h1-8,13,18H,10-11H2. The quantitative estimate of drug-likeness (QED) is 0.916. The third-order valence-corrected chi connectivity index (χ3v) is 4.59. The Balaban J connectivity index is 1.69. The molecule has 0 aromatic heterocycles. The minimum absolute atomic E-state index is 0.548. The molecule has 0 radical (unpaired) electrons. The van der Waals surface area contributed by atoms with Gasteiger partial charge < -0.3 is 5.32 Å². The minimum atomic E-state index is 0.548. The predicted molar refractivity (Wildman–Crippen MR) is 79.6 cm³/mol. The van der Waals surface area contributed by atoms with Crippen LogP contribution in [0.2, 0.25) is 0 Å². The summed E-state index contributed by atoms with van der Waals surface area (Å²) in [6, 6.07) is 18.4. The molecule has 0 amide bonds. The van der Waals surface area contributed by atoms with Gasteiger partial charge in [0.05, 0.1) is 11.6 Å². The maximum atomic E-state index is 8.89. The van der Waals surface area contributed by atoms with Crippen LogP contribution in [0.4, 0.5) is 5.69 Å². The first kappa shape index (κ1) is 12.1. The van der Waals surface area contributed by atoms with Crippen molar-refractivity contribution >= 4 is 17.4 Å². The second-order valence-corrected chi connectivity index (χ2v) is 5.68. The molecule has 0 aliphatic carbocycles. The van der Waals surface area contributed by atoms with E-state index in [-0.39, 0.29) is 0 Å². The topological polar surface area (TPSA) is 35.8 Å². The van der Waals surface area contributed by atoms with Gasteiger partial charge in [-0.05, 0) is 29.8 Å². The Morgan fingerprint density at radius 3 is 3.00 bits per heavy atom. The number of rotatable bonds is 3. The van der Waals surface area contributed by atoms with Crippen molar-refractivity contribution in [2.75, 3.05) is 17.6 Å². The number of hydrogen-bond acceptors (Lipinski definition) is 3. The predicted octanol–water partition coefficient (Wildman–Crippen LogP) is 3.86. The molecule has 0 spiro atoms. The summed E-state index contributed by atoms with van der Waals surface area (Å²) in [4.78, 5) is 1.40. The maximum absolute atomic E-state index is 8.89. The summed E-state index contributed by atoms with van der Waals surface area (Å²) in [5.41, 5.74) is 3.16. The van der Waals surface area contributed by atoms with Crippen LogP contribution in [0.5, 0.6) is 0 Å². The number of thioether (sulfide) groups is 1. The van der Waals surface area contributed by atoms with Crippen molar-refractivity contribution < 1.29 is 0 Å². The molecule has 0 bridgehead atoms. The lowest BCUT2D eigenvalue weighted by Gasteiger charge is -2.13. The van der Waals surface area contributed by atoms with E-state index in [1.165, 1.54) is 10.5 Å². The fourth-order valence-electron chi connectivity index (χ4n) is 2.34. The number of nitrogens with one attached hydrogen (secondary N) is 1. The molecule has 3 rings (SSSR count). The number of fused-ring (bicyclic) bond motifs is 1. The van der Waals surface area contributed by atoms with Crippen LogP contribution < -0.4 is 5.32 Å². The Morgan fingerprint density at radius 2 is 2.11 bits per heavy atom. The molecule has 1 N–H and O–H groups in total. The van der Waals surface area contributed by atoms with E-state index in [0.717, 1.165) is 18.0 Å². The van der Waals surface area contributed by atoms with Crippen molar-refractivity contribution in [3.05, 3.63) is 59.7 Å². The van der Waals surface area contributed by atoms with Crippen molar-refractivity contribution in [3.8, 4) is 6.07 Å². The largest absolute Gasteiger partial charge is 0.384 e. The second-order valence-electron chi connectivity index (χ2n) is 4.62. The molecule has 19 heavy (non-hydrogen) atoms. The summed E-state index contributed by atoms with van der Waals surface area (Å²) in [7, 11) is 0. The normalized spacial score (nSPS) is 16.7. The SMILES string of the molecule is N#Cc1cccc(NCC2CSc3ccccc32)c1. The average molecular weight is 266 g/mol. The number of hydrogen-bond donors (Lipinski definition) is 1. The number of nitrogens with zero attached hydrogens (tertiary/aromatic N) is 1. The van der Waals surface area contributed by atoms with Gasteiger partial charge in [-0.2, -0.15) is 5.26 Å². The second kappa shape index (κ2) is 5.38. The molecule has 0 saturated carbocycles. The van der Waals surface area contributed by atoms with Crippen molar-refractivity contribution in [3.63, 3.8) is 0 Å². The van der Waals surface area contributed by atoms with Crippen LogP contribution in [0.25, 0.3) is 0 Å². The van der Waals surface area contributed by atoms with E-state index >= 15 is 0 Å². The van der Waals surface area contributed by atoms with Gasteiger partial charge in [-0.15, -0.1) is 11.8 Å². The first-order chi connectivity index (χ1) is 9.36. The summed E-state index contributed by atoms with van der Waals surface area (Å²) >= 11 is 1.93. The zero-order valence-electron chi connectivity index (χ0n) is 10.5. The van der Waals surface area contributed by atoms with Gasteiger partial charge in [-0.1, -0.05) is 24.3 Å². The summed E-state index contributed by atoms with van der Waals surface area (Å²) in [6.07, 6.45) is 0. The van der Waals surface area contributed by atoms with E-state index in [1.54, 1.807) is 0 Å². The van der Waals surface area contributed by atoms with Gasteiger partial charge >= 0.3 is 0 Å². The van der Waals surface area contributed by atoms with Crippen molar-refractivity contribution in [1.82, 2.24) is 0 Å². The van der Waals surface area contributed by atoms with E-state index in [2.05, 4.69) is 35.7 Å². The Hall–Kier alpha value is -1.92. The van der Waals surface area contributed by atoms with Crippen molar-refractivity contribution in [1.29, 1.82) is 5.26 Å². The summed E-state index contributed by atoms with van der Waals surface area (Å²) in [5, 5.41) is 12.3. The van der Waals surface area contributed by atoms with E-state index in [4.69, 9.17) is 5.26 Å². The Kier molecular flexibility index (Phi) is 3.43. The van der Waals surface area contributed by atoms with Crippen LogP contribution in [0.1, 0.15) is 17.0 Å². The van der Waals surface area contributed by atoms with E-state index in [1.807, 2.05) is 36.0 Å². The minimum Gasteiger partial charge on any atom is -0.384 e. The molecule has 1 heterocycles. The average Bonchev–Trinajstić information content (AvgIpc) is 2.89. The lowest BCUT2D eigenvalue weighted by Crippen LogP contribution is -2.12. The molecule has 2 nitrogen and oxygen atoms in total. The third-order valence-electron chi connectivity index (χ3n) is 3.34. The molecule has 0 saturated heterocycles. The van der Waals surface area contributed by atoms with Crippen molar-refractivity contribution in [2.24, 2.45) is 0 Å². The Bertz CT molecular complexity index is 631. The summed E-state index contributed by atoms with van der Waals surface area (Å²) < 4.78 is 0. The molecule has 2 aromatic rings. The van der Waals surface area contributed by atoms with Gasteiger partial charge in [0.1, 0.15) is 0 Å². The van der Waals surface area contributed by atoms with E-state index in [9.17, 15) is 0 Å². The molecule has 1 aliphatic rings. The molecule has 3 heteroatoms. The first-order valence-corrected chi connectivity index (χ1v) is 7.31. The summed E-state index contributed by atoms with van der Waals surface area (Å²) in [6.45, 7) is 0.916. The van der Waals surface area contributed by atoms with Gasteiger partial charge in [-0.3, -0.25) is 0 Å². The van der Waals surface area contributed by atoms with Gasteiger partial charge in [0.2, 0.25) is 0 Å². The smallest absolute Gasteiger partial charge is 0.0992 e. The van der Waals surface area contributed by atoms with Crippen LogP contribution in [-0.4, -0.2) is 12.3 Å². The monoisotopic (exact) mass is 266 g/mol. The fourth-order valence-corrected chi connectivity index (χ4v) is 3.59. The van der Waals surface area contributed by atoms with Crippen LogP contribution >= 0.6 is 11.8 Å². The molecule has 1 atom stereocenters. The van der Waals surface area contributed by atoms with E-state index < -0.39 is 0 Å². The molecule has 1 unspecified atom stereocenters. The molecule has 0 fully saturated rings. The Morgan fingerprint density at radius 1 is 1.21 bits per heavy atom. The molecule has 1 aliphatic heterocycles. The number of nitriles is 1. The zero-order chi connectivity index (χ0) is 13.1. The van der Waals surface area contributed by atoms with Crippen LogP contribution in [0.3, 0.4) is 0 Å². The van der Waals surface area contributed by atoms with E-state index in [0.29, 0.717) is 11.5 Å². The molecule has 2 aromatic carbocycles. The van der Waals surface area contributed by atoms with Gasteiger partial charge in [0.15, 0.2) is 0 Å². The van der Waals surface area contributed by atoms with Gasteiger partial charge in [-0.25, -0.2) is 0 Å². The highest BCUT2D eigenvalue weighted by molar-refractivity contribution is 7.99.